The molecule has 0 amide bonds. The van der Waals surface area contributed by atoms with Crippen LogP contribution in [0.1, 0.15) is 23.6 Å². The third kappa shape index (κ3) is 7.23. The van der Waals surface area contributed by atoms with Gasteiger partial charge in [-0.3, -0.25) is 0 Å². The first-order valence-electron chi connectivity index (χ1n) is 10.8. The van der Waals surface area contributed by atoms with Gasteiger partial charge in [0, 0.05) is 12.1 Å². The maximum atomic E-state index is 12.0. The quantitative estimate of drug-likeness (QED) is 0.229. The van der Waals surface area contributed by atoms with Crippen LogP contribution in [0.2, 0.25) is 0 Å². The standard InChI is InChI=1S/C28H26O7/c1-4-34-27(29)14-7-19-5-10-22(11-6-19)35-23-12-8-21(9-13-23)26(28(30)31)17-20-15-24(32-2)18-25(16-20)33-3/h5-18H,4H2,1-3H3,(H,30,31)/b14-7+,26-17+. The predicted octanol–water partition coefficient (Wildman–Crippen LogP) is 5.70. The maximum Gasteiger partial charge on any atom is 0.336 e. The first-order valence-corrected chi connectivity index (χ1v) is 10.8. The van der Waals surface area contributed by atoms with Crippen LogP contribution >= 0.6 is 0 Å². The molecule has 35 heavy (non-hydrogen) atoms. The van der Waals surface area contributed by atoms with E-state index in [1.165, 1.54) is 20.3 Å². The van der Waals surface area contributed by atoms with E-state index < -0.39 is 11.9 Å². The number of carbonyl (C=O) groups excluding carboxylic acids is 1. The molecule has 3 aromatic rings. The molecule has 7 nitrogen and oxygen atoms in total. The molecule has 0 heterocycles. The van der Waals surface area contributed by atoms with Gasteiger partial charge in [-0.25, -0.2) is 9.59 Å². The van der Waals surface area contributed by atoms with Crippen molar-refractivity contribution in [3.8, 4) is 23.0 Å². The summed E-state index contributed by atoms with van der Waals surface area (Å²) >= 11 is 0. The Bertz CT molecular complexity index is 1200. The Morgan fingerprint density at radius 3 is 1.89 bits per heavy atom. The predicted molar refractivity (Wildman–Crippen MR) is 134 cm³/mol. The molecule has 0 unspecified atom stereocenters. The van der Waals surface area contributed by atoms with E-state index in [0.29, 0.717) is 40.7 Å². The van der Waals surface area contributed by atoms with Gasteiger partial charge in [-0.15, -0.1) is 0 Å². The van der Waals surface area contributed by atoms with Gasteiger partial charge in [0.2, 0.25) is 0 Å². The van der Waals surface area contributed by atoms with Crippen molar-refractivity contribution in [1.82, 2.24) is 0 Å². The van der Waals surface area contributed by atoms with Crippen LogP contribution in [-0.4, -0.2) is 37.9 Å². The number of aliphatic carboxylic acids is 1. The molecule has 0 aliphatic rings. The number of carbonyl (C=O) groups is 2. The molecular weight excluding hydrogens is 448 g/mol. The van der Waals surface area contributed by atoms with Crippen LogP contribution in [0.3, 0.4) is 0 Å². The van der Waals surface area contributed by atoms with Gasteiger partial charge in [0.15, 0.2) is 0 Å². The molecule has 3 rings (SSSR count). The summed E-state index contributed by atoms with van der Waals surface area (Å²) in [5, 5.41) is 9.78. The second-order valence-corrected chi connectivity index (χ2v) is 7.29. The second-order valence-electron chi connectivity index (χ2n) is 7.29. The molecule has 0 aliphatic heterocycles. The van der Waals surface area contributed by atoms with Crippen LogP contribution < -0.4 is 14.2 Å². The van der Waals surface area contributed by atoms with Crippen molar-refractivity contribution in [3.05, 3.63) is 89.5 Å². The van der Waals surface area contributed by atoms with E-state index in [4.69, 9.17) is 18.9 Å². The molecule has 0 aromatic heterocycles. The Balaban J connectivity index is 1.75. The van der Waals surface area contributed by atoms with Crippen molar-refractivity contribution in [3.63, 3.8) is 0 Å². The molecule has 180 valence electrons. The van der Waals surface area contributed by atoms with E-state index in [1.807, 2.05) is 12.1 Å². The highest BCUT2D eigenvalue weighted by atomic mass is 16.5. The summed E-state index contributed by atoms with van der Waals surface area (Å²) in [5.74, 6) is 0.818. The Hall–Kier alpha value is -4.52. The lowest BCUT2D eigenvalue weighted by Crippen LogP contribution is -2.00. The van der Waals surface area contributed by atoms with Gasteiger partial charge in [0.1, 0.15) is 23.0 Å². The van der Waals surface area contributed by atoms with E-state index in [0.717, 1.165) is 5.56 Å². The van der Waals surface area contributed by atoms with Gasteiger partial charge >= 0.3 is 11.9 Å². The molecule has 0 aliphatic carbocycles. The summed E-state index contributed by atoms with van der Waals surface area (Å²) in [6, 6.07) is 19.1. The minimum atomic E-state index is -1.06. The van der Waals surface area contributed by atoms with Crippen molar-refractivity contribution < 1.29 is 33.6 Å². The monoisotopic (exact) mass is 474 g/mol. The highest BCUT2D eigenvalue weighted by Crippen LogP contribution is 2.28. The lowest BCUT2D eigenvalue weighted by atomic mass is 10.0. The zero-order valence-electron chi connectivity index (χ0n) is 19.7. The number of hydrogen-bond donors (Lipinski definition) is 1. The molecular formula is C28H26O7. The number of carboxylic acid groups (broad SMARTS) is 1. The maximum absolute atomic E-state index is 12.0. The van der Waals surface area contributed by atoms with Gasteiger partial charge in [-0.2, -0.15) is 0 Å². The zero-order chi connectivity index (χ0) is 25.2. The highest BCUT2D eigenvalue weighted by Gasteiger charge is 2.12. The number of hydrogen-bond acceptors (Lipinski definition) is 6. The molecule has 3 aromatic carbocycles. The Morgan fingerprint density at radius 2 is 1.37 bits per heavy atom. The van der Waals surface area contributed by atoms with E-state index in [1.54, 1.807) is 73.7 Å². The number of rotatable bonds is 10. The number of carboxylic acids is 1. The Labute approximate surface area is 203 Å². The van der Waals surface area contributed by atoms with E-state index in [-0.39, 0.29) is 5.57 Å². The summed E-state index contributed by atoms with van der Waals surface area (Å²) in [4.78, 5) is 23.4. The topological polar surface area (TPSA) is 91.3 Å². The lowest BCUT2D eigenvalue weighted by molar-refractivity contribution is -0.137. The summed E-state index contributed by atoms with van der Waals surface area (Å²) in [6.07, 6.45) is 4.59. The normalized spacial score (nSPS) is 11.2. The first-order chi connectivity index (χ1) is 16.9. The minimum Gasteiger partial charge on any atom is -0.497 e. The average molecular weight is 475 g/mol. The van der Waals surface area contributed by atoms with E-state index in [2.05, 4.69) is 0 Å². The van der Waals surface area contributed by atoms with Crippen LogP contribution in [0, 0.1) is 0 Å². The molecule has 0 bridgehead atoms. The Morgan fingerprint density at radius 1 is 0.800 bits per heavy atom. The van der Waals surface area contributed by atoms with E-state index >= 15 is 0 Å². The average Bonchev–Trinajstić information content (AvgIpc) is 2.87. The lowest BCUT2D eigenvalue weighted by Gasteiger charge is -2.09. The molecule has 0 radical (unpaired) electrons. The first kappa shape index (κ1) is 25.1. The number of benzene rings is 3. The van der Waals surface area contributed by atoms with Crippen molar-refractivity contribution in [2.24, 2.45) is 0 Å². The largest absolute Gasteiger partial charge is 0.497 e. The molecule has 0 fully saturated rings. The number of ether oxygens (including phenoxy) is 4. The molecule has 0 spiro atoms. The van der Waals surface area contributed by atoms with Crippen LogP contribution in [-0.2, 0) is 14.3 Å². The van der Waals surface area contributed by atoms with Crippen LogP contribution in [0.15, 0.2) is 72.8 Å². The van der Waals surface area contributed by atoms with Gasteiger partial charge in [0.25, 0.3) is 0 Å². The van der Waals surface area contributed by atoms with E-state index in [9.17, 15) is 14.7 Å². The third-order valence-corrected chi connectivity index (χ3v) is 4.89. The molecule has 0 saturated carbocycles. The summed E-state index contributed by atoms with van der Waals surface area (Å²) in [5.41, 5.74) is 2.10. The fraction of sp³-hybridized carbons (Fsp3) is 0.143. The number of esters is 1. The summed E-state index contributed by atoms with van der Waals surface area (Å²) in [7, 11) is 3.07. The van der Waals surface area contributed by atoms with Crippen molar-refractivity contribution in [2.45, 2.75) is 6.92 Å². The zero-order valence-corrected chi connectivity index (χ0v) is 19.7. The van der Waals surface area contributed by atoms with Crippen molar-refractivity contribution in [1.29, 1.82) is 0 Å². The number of methoxy groups -OCH3 is 2. The minimum absolute atomic E-state index is 0.115. The van der Waals surface area contributed by atoms with Crippen molar-refractivity contribution in [2.75, 3.05) is 20.8 Å². The van der Waals surface area contributed by atoms with Gasteiger partial charge in [0.05, 0.1) is 26.4 Å². The van der Waals surface area contributed by atoms with Gasteiger partial charge in [-0.1, -0.05) is 24.3 Å². The fourth-order valence-electron chi connectivity index (χ4n) is 3.19. The second kappa shape index (κ2) is 12.1. The van der Waals surface area contributed by atoms with Crippen LogP contribution in [0.25, 0.3) is 17.7 Å². The molecule has 0 saturated heterocycles. The van der Waals surface area contributed by atoms with Gasteiger partial charge < -0.3 is 24.1 Å². The SMILES string of the molecule is CCOC(=O)/C=C/c1ccc(Oc2ccc(/C(=C\c3cc(OC)cc(OC)c3)C(=O)O)cc2)cc1. The van der Waals surface area contributed by atoms with Crippen LogP contribution in [0.4, 0.5) is 0 Å². The van der Waals surface area contributed by atoms with Crippen molar-refractivity contribution >= 4 is 29.7 Å². The third-order valence-electron chi connectivity index (χ3n) is 4.89. The molecule has 1 N–H and O–H groups in total. The summed E-state index contributed by atoms with van der Waals surface area (Å²) in [6.45, 7) is 2.08. The highest BCUT2D eigenvalue weighted by molar-refractivity contribution is 6.20. The summed E-state index contributed by atoms with van der Waals surface area (Å²) < 4.78 is 21.2. The Kier molecular flexibility index (Phi) is 8.67. The van der Waals surface area contributed by atoms with Crippen LogP contribution in [0.5, 0.6) is 23.0 Å². The molecule has 0 atom stereocenters. The smallest absolute Gasteiger partial charge is 0.336 e. The van der Waals surface area contributed by atoms with Gasteiger partial charge in [-0.05, 0) is 72.2 Å². The fourth-order valence-corrected chi connectivity index (χ4v) is 3.19. The molecule has 7 heteroatoms.